The molecule has 94 valence electrons. The number of imidazole rings is 1. The smallest absolute Gasteiger partial charge is 0.356 e. The van der Waals surface area contributed by atoms with Gasteiger partial charge in [0.25, 0.3) is 0 Å². The van der Waals surface area contributed by atoms with Crippen molar-refractivity contribution in [3.8, 4) is 0 Å². The number of aromatic nitrogens is 2. The molecule has 1 N–H and O–H groups in total. The summed E-state index contributed by atoms with van der Waals surface area (Å²) >= 11 is 0. The number of pyridine rings is 1. The fourth-order valence-electron chi connectivity index (χ4n) is 2.50. The maximum Gasteiger partial charge on any atom is 0.356 e. The van der Waals surface area contributed by atoms with E-state index in [1.807, 2.05) is 23.5 Å². The number of rotatable bonds is 2. The predicted molar refractivity (Wildman–Crippen MR) is 65.1 cm³/mol. The first-order chi connectivity index (χ1) is 8.68. The first-order valence-electron chi connectivity index (χ1n) is 5.97. The Kier molecular flexibility index (Phi) is 2.56. The number of aryl methyl sites for hydroxylation is 1. The second-order valence-electron chi connectivity index (χ2n) is 4.57. The van der Waals surface area contributed by atoms with Gasteiger partial charge in [0.2, 0.25) is 0 Å². The van der Waals surface area contributed by atoms with Crippen molar-refractivity contribution in [2.45, 2.75) is 19.3 Å². The number of aromatic carboxylic acids is 1. The van der Waals surface area contributed by atoms with Gasteiger partial charge in [-0.1, -0.05) is 6.07 Å². The maximum atomic E-state index is 11.2. The topological polar surface area (TPSA) is 63.8 Å². The van der Waals surface area contributed by atoms with Crippen molar-refractivity contribution in [3.63, 3.8) is 0 Å². The number of hydrogen-bond acceptors (Lipinski definition) is 3. The van der Waals surface area contributed by atoms with Crippen molar-refractivity contribution in [1.82, 2.24) is 9.38 Å². The third-order valence-electron chi connectivity index (χ3n) is 3.38. The van der Waals surface area contributed by atoms with E-state index in [2.05, 4.69) is 4.98 Å². The van der Waals surface area contributed by atoms with Gasteiger partial charge in [-0.3, -0.25) is 4.40 Å². The highest BCUT2D eigenvalue weighted by atomic mass is 16.5. The van der Waals surface area contributed by atoms with Gasteiger partial charge in [0.1, 0.15) is 5.82 Å². The molecular weight excluding hydrogens is 232 g/mol. The summed E-state index contributed by atoms with van der Waals surface area (Å²) in [4.78, 5) is 15.6. The van der Waals surface area contributed by atoms with E-state index in [4.69, 9.17) is 4.74 Å². The van der Waals surface area contributed by atoms with Crippen LogP contribution in [0.15, 0.2) is 18.2 Å². The molecule has 1 saturated heterocycles. The molecule has 0 aromatic carbocycles. The maximum absolute atomic E-state index is 11.2. The lowest BCUT2D eigenvalue weighted by Gasteiger charge is -2.08. The molecule has 1 aliphatic rings. The standard InChI is InChI=1S/C13H14N2O3/c1-8-3-2-4-10-11(13(16)17)14-12(15(8)10)9-5-6-18-7-9/h2-4,9H,5-7H2,1H3,(H,16,17). The molecule has 1 aliphatic heterocycles. The molecule has 5 nitrogen and oxygen atoms in total. The van der Waals surface area contributed by atoms with Crippen LogP contribution in [0.3, 0.4) is 0 Å². The van der Waals surface area contributed by atoms with E-state index in [0.29, 0.717) is 18.7 Å². The molecule has 1 fully saturated rings. The van der Waals surface area contributed by atoms with Gasteiger partial charge in [0, 0.05) is 18.2 Å². The SMILES string of the molecule is Cc1cccc2c(C(=O)O)nc(C3CCOC3)n12. The summed E-state index contributed by atoms with van der Waals surface area (Å²) in [6, 6.07) is 5.61. The third-order valence-corrected chi connectivity index (χ3v) is 3.38. The quantitative estimate of drug-likeness (QED) is 0.878. The summed E-state index contributed by atoms with van der Waals surface area (Å²) in [6.07, 6.45) is 0.895. The number of carboxylic acid groups (broad SMARTS) is 1. The average Bonchev–Trinajstić information content (AvgIpc) is 2.95. The van der Waals surface area contributed by atoms with Crippen LogP contribution in [0.4, 0.5) is 0 Å². The van der Waals surface area contributed by atoms with E-state index in [0.717, 1.165) is 17.9 Å². The molecule has 0 spiro atoms. The lowest BCUT2D eigenvalue weighted by atomic mass is 10.1. The summed E-state index contributed by atoms with van der Waals surface area (Å²) in [5, 5.41) is 9.22. The first-order valence-corrected chi connectivity index (χ1v) is 5.97. The molecule has 18 heavy (non-hydrogen) atoms. The van der Waals surface area contributed by atoms with Crippen LogP contribution in [0.25, 0.3) is 5.52 Å². The summed E-state index contributed by atoms with van der Waals surface area (Å²) < 4.78 is 7.30. The summed E-state index contributed by atoms with van der Waals surface area (Å²) in [5.74, 6) is 0.00738. The Morgan fingerprint density at radius 3 is 3.06 bits per heavy atom. The van der Waals surface area contributed by atoms with E-state index in [-0.39, 0.29) is 11.6 Å². The first kappa shape index (κ1) is 11.2. The number of carbonyl (C=O) groups is 1. The van der Waals surface area contributed by atoms with E-state index < -0.39 is 5.97 Å². The molecule has 0 bridgehead atoms. The van der Waals surface area contributed by atoms with Gasteiger partial charge in [-0.25, -0.2) is 9.78 Å². The van der Waals surface area contributed by atoms with Gasteiger partial charge < -0.3 is 9.84 Å². The molecule has 0 saturated carbocycles. The highest BCUT2D eigenvalue weighted by Gasteiger charge is 2.26. The fourth-order valence-corrected chi connectivity index (χ4v) is 2.50. The molecule has 3 rings (SSSR count). The minimum absolute atomic E-state index is 0.126. The number of carboxylic acids is 1. The van der Waals surface area contributed by atoms with E-state index in [9.17, 15) is 9.90 Å². The van der Waals surface area contributed by atoms with Crippen LogP contribution in [-0.4, -0.2) is 33.7 Å². The number of fused-ring (bicyclic) bond motifs is 1. The van der Waals surface area contributed by atoms with Crippen molar-refractivity contribution in [3.05, 3.63) is 35.4 Å². The molecule has 0 radical (unpaired) electrons. The second-order valence-corrected chi connectivity index (χ2v) is 4.57. The Morgan fingerprint density at radius 2 is 2.39 bits per heavy atom. The van der Waals surface area contributed by atoms with Crippen molar-refractivity contribution < 1.29 is 14.6 Å². The molecule has 2 aromatic rings. The molecule has 0 aliphatic carbocycles. The molecule has 3 heterocycles. The zero-order valence-corrected chi connectivity index (χ0v) is 10.1. The largest absolute Gasteiger partial charge is 0.476 e. The predicted octanol–water partition coefficient (Wildman–Crippen LogP) is 1.84. The van der Waals surface area contributed by atoms with Gasteiger partial charge in [0.15, 0.2) is 5.69 Å². The number of nitrogens with zero attached hydrogens (tertiary/aromatic N) is 2. The van der Waals surface area contributed by atoms with Crippen molar-refractivity contribution >= 4 is 11.5 Å². The summed E-state index contributed by atoms with van der Waals surface area (Å²) in [5.41, 5.74) is 1.78. The Balaban J connectivity index is 2.27. The van der Waals surface area contributed by atoms with Gasteiger partial charge in [-0.05, 0) is 25.5 Å². The average molecular weight is 246 g/mol. The number of ether oxygens (including phenoxy) is 1. The Labute approximate surface area is 104 Å². The highest BCUT2D eigenvalue weighted by Crippen LogP contribution is 2.27. The highest BCUT2D eigenvalue weighted by molar-refractivity contribution is 5.93. The van der Waals surface area contributed by atoms with Gasteiger partial charge in [-0.15, -0.1) is 0 Å². The van der Waals surface area contributed by atoms with Crippen LogP contribution >= 0.6 is 0 Å². The van der Waals surface area contributed by atoms with Gasteiger partial charge >= 0.3 is 5.97 Å². The number of hydrogen-bond donors (Lipinski definition) is 1. The summed E-state index contributed by atoms with van der Waals surface area (Å²) in [7, 11) is 0. The van der Waals surface area contributed by atoms with Crippen LogP contribution in [-0.2, 0) is 4.74 Å². The van der Waals surface area contributed by atoms with Crippen molar-refractivity contribution in [2.24, 2.45) is 0 Å². The Hall–Kier alpha value is -1.88. The van der Waals surface area contributed by atoms with Crippen LogP contribution in [0.5, 0.6) is 0 Å². The monoisotopic (exact) mass is 246 g/mol. The fraction of sp³-hybridized carbons (Fsp3) is 0.385. The van der Waals surface area contributed by atoms with Crippen molar-refractivity contribution in [2.75, 3.05) is 13.2 Å². The zero-order chi connectivity index (χ0) is 12.7. The lowest BCUT2D eigenvalue weighted by molar-refractivity contribution is 0.0693. The Bertz CT molecular complexity index is 612. The van der Waals surface area contributed by atoms with Crippen LogP contribution < -0.4 is 0 Å². The zero-order valence-electron chi connectivity index (χ0n) is 10.1. The van der Waals surface area contributed by atoms with Crippen LogP contribution in [0.1, 0.15) is 34.3 Å². The van der Waals surface area contributed by atoms with Gasteiger partial charge in [-0.2, -0.15) is 0 Å². The molecule has 5 heteroatoms. The van der Waals surface area contributed by atoms with E-state index >= 15 is 0 Å². The second kappa shape index (κ2) is 4.10. The van der Waals surface area contributed by atoms with Gasteiger partial charge in [0.05, 0.1) is 12.1 Å². The lowest BCUT2D eigenvalue weighted by Crippen LogP contribution is -2.05. The minimum atomic E-state index is -0.983. The van der Waals surface area contributed by atoms with Crippen LogP contribution in [0.2, 0.25) is 0 Å². The van der Waals surface area contributed by atoms with Crippen LogP contribution in [0, 0.1) is 6.92 Å². The Morgan fingerprint density at radius 1 is 1.56 bits per heavy atom. The molecule has 1 unspecified atom stereocenters. The normalized spacial score (nSPS) is 19.5. The van der Waals surface area contributed by atoms with E-state index in [1.165, 1.54) is 0 Å². The third kappa shape index (κ3) is 1.59. The molecule has 2 aromatic heterocycles. The summed E-state index contributed by atoms with van der Waals surface area (Å²) in [6.45, 7) is 3.29. The minimum Gasteiger partial charge on any atom is -0.476 e. The molecule has 0 amide bonds. The molecule has 1 atom stereocenters. The molecular formula is C13H14N2O3. The van der Waals surface area contributed by atoms with Crippen molar-refractivity contribution in [1.29, 1.82) is 0 Å². The van der Waals surface area contributed by atoms with E-state index in [1.54, 1.807) is 6.07 Å².